The van der Waals surface area contributed by atoms with Gasteiger partial charge >= 0.3 is 0 Å². The average molecular weight is 489 g/mol. The highest BCUT2D eigenvalue weighted by molar-refractivity contribution is 7.99. The van der Waals surface area contributed by atoms with E-state index in [1.807, 2.05) is 66.1 Å². The van der Waals surface area contributed by atoms with Crippen LogP contribution in [0.3, 0.4) is 0 Å². The summed E-state index contributed by atoms with van der Waals surface area (Å²) in [4.78, 5) is 21.4. The topological polar surface area (TPSA) is 94.8 Å². The number of thiazole rings is 1. The van der Waals surface area contributed by atoms with Crippen LogP contribution in [0.25, 0.3) is 27.3 Å². The van der Waals surface area contributed by atoms with E-state index in [0.29, 0.717) is 16.1 Å². The van der Waals surface area contributed by atoms with E-state index in [9.17, 15) is 4.79 Å². The monoisotopic (exact) mass is 488 g/mol. The van der Waals surface area contributed by atoms with Gasteiger partial charge in [0.15, 0.2) is 16.1 Å². The van der Waals surface area contributed by atoms with Crippen molar-refractivity contribution < 1.29 is 9.53 Å². The molecule has 1 amide bonds. The molecule has 0 saturated carbocycles. The molecule has 0 aliphatic rings. The van der Waals surface area contributed by atoms with Gasteiger partial charge in [-0.05, 0) is 48.9 Å². The first kappa shape index (κ1) is 22.1. The molecule has 0 saturated heterocycles. The molecule has 10 heteroatoms. The van der Waals surface area contributed by atoms with E-state index in [2.05, 4.69) is 25.5 Å². The van der Waals surface area contributed by atoms with Gasteiger partial charge in [-0.25, -0.2) is 4.98 Å². The maximum atomic E-state index is 12.7. The molecular formula is C24H20N6O2S2. The molecule has 34 heavy (non-hydrogen) atoms. The number of thioether (sulfide) groups is 1. The molecule has 5 rings (SSSR count). The zero-order valence-corrected chi connectivity index (χ0v) is 20.1. The third-order valence-electron chi connectivity index (χ3n) is 5.08. The number of nitrogens with zero attached hydrogens (tertiary/aromatic N) is 5. The van der Waals surface area contributed by atoms with Crippen LogP contribution >= 0.6 is 23.1 Å². The van der Waals surface area contributed by atoms with Crippen molar-refractivity contribution in [2.75, 3.05) is 18.2 Å². The molecule has 2 aromatic carbocycles. The van der Waals surface area contributed by atoms with Gasteiger partial charge in [0.05, 0.1) is 28.8 Å². The standard InChI is InChI=1S/C24H20N6O2S2/c1-15-6-3-4-8-19(15)30-22(16-7-5-11-25-13-16)28-29-24(30)33-14-21(31)27-23-26-18-10-9-17(32-2)12-20(18)34-23/h3-13H,14H2,1-2H3,(H,26,27,31). The molecule has 1 N–H and O–H groups in total. The molecule has 0 aliphatic heterocycles. The van der Waals surface area contributed by atoms with Crippen molar-refractivity contribution >= 4 is 44.4 Å². The van der Waals surface area contributed by atoms with Crippen molar-refractivity contribution in [3.05, 3.63) is 72.6 Å². The first-order valence-electron chi connectivity index (χ1n) is 10.4. The number of amides is 1. The van der Waals surface area contributed by atoms with Crippen LogP contribution in [0.1, 0.15) is 5.56 Å². The zero-order valence-electron chi connectivity index (χ0n) is 18.4. The number of pyridine rings is 1. The van der Waals surface area contributed by atoms with E-state index >= 15 is 0 Å². The lowest BCUT2D eigenvalue weighted by molar-refractivity contribution is -0.113. The predicted octanol–water partition coefficient (Wildman–Crippen LogP) is 4.99. The number of rotatable bonds is 7. The van der Waals surface area contributed by atoms with Crippen molar-refractivity contribution in [1.82, 2.24) is 24.7 Å². The number of hydrogen-bond donors (Lipinski definition) is 1. The summed E-state index contributed by atoms with van der Waals surface area (Å²) in [6, 6.07) is 17.4. The van der Waals surface area contributed by atoms with E-state index in [4.69, 9.17) is 4.74 Å². The summed E-state index contributed by atoms with van der Waals surface area (Å²) in [5.74, 6) is 1.42. The number of ether oxygens (including phenoxy) is 1. The largest absolute Gasteiger partial charge is 0.497 e. The van der Waals surface area contributed by atoms with Crippen LogP contribution in [0, 0.1) is 6.92 Å². The van der Waals surface area contributed by atoms with Crippen LogP contribution in [0.4, 0.5) is 5.13 Å². The Morgan fingerprint density at radius 2 is 2.03 bits per heavy atom. The number of methoxy groups -OCH3 is 1. The number of fused-ring (bicyclic) bond motifs is 1. The van der Waals surface area contributed by atoms with E-state index < -0.39 is 0 Å². The fourth-order valence-electron chi connectivity index (χ4n) is 3.45. The molecule has 0 atom stereocenters. The molecule has 8 nitrogen and oxygen atoms in total. The summed E-state index contributed by atoms with van der Waals surface area (Å²) in [6.07, 6.45) is 3.47. The number of carbonyl (C=O) groups is 1. The van der Waals surface area contributed by atoms with Crippen molar-refractivity contribution in [3.8, 4) is 22.8 Å². The summed E-state index contributed by atoms with van der Waals surface area (Å²) in [6.45, 7) is 2.03. The zero-order chi connectivity index (χ0) is 23.5. The van der Waals surface area contributed by atoms with Crippen LogP contribution in [-0.4, -0.2) is 43.5 Å². The van der Waals surface area contributed by atoms with Gasteiger partial charge in [0.1, 0.15) is 5.75 Å². The van der Waals surface area contributed by atoms with Crippen molar-refractivity contribution in [2.24, 2.45) is 0 Å². The molecular weight excluding hydrogens is 468 g/mol. The molecule has 0 unspecified atom stereocenters. The molecule has 170 valence electrons. The number of anilines is 1. The minimum atomic E-state index is -0.168. The lowest BCUT2D eigenvalue weighted by atomic mass is 10.2. The van der Waals surface area contributed by atoms with Gasteiger partial charge in [-0.3, -0.25) is 14.3 Å². The van der Waals surface area contributed by atoms with E-state index in [-0.39, 0.29) is 11.7 Å². The summed E-state index contributed by atoms with van der Waals surface area (Å²) < 4.78 is 8.17. The molecule has 0 aliphatic carbocycles. The molecule has 3 heterocycles. The Hall–Kier alpha value is -3.76. The van der Waals surface area contributed by atoms with Gasteiger partial charge in [0.2, 0.25) is 5.91 Å². The Balaban J connectivity index is 1.38. The van der Waals surface area contributed by atoms with Crippen LogP contribution in [0.15, 0.2) is 72.1 Å². The van der Waals surface area contributed by atoms with Crippen LogP contribution in [0.2, 0.25) is 0 Å². The van der Waals surface area contributed by atoms with E-state index in [1.54, 1.807) is 19.5 Å². The highest BCUT2D eigenvalue weighted by Crippen LogP contribution is 2.31. The van der Waals surface area contributed by atoms with E-state index in [1.165, 1.54) is 23.1 Å². The number of carbonyl (C=O) groups excluding carboxylic acids is 1. The Bertz CT molecular complexity index is 1470. The van der Waals surface area contributed by atoms with Crippen molar-refractivity contribution in [3.63, 3.8) is 0 Å². The second kappa shape index (κ2) is 9.62. The molecule has 5 aromatic rings. The maximum Gasteiger partial charge on any atom is 0.236 e. The second-order valence-electron chi connectivity index (χ2n) is 7.36. The van der Waals surface area contributed by atoms with Crippen LogP contribution < -0.4 is 10.1 Å². The minimum Gasteiger partial charge on any atom is -0.497 e. The minimum absolute atomic E-state index is 0.163. The highest BCUT2D eigenvalue weighted by atomic mass is 32.2. The average Bonchev–Trinajstić information content (AvgIpc) is 3.46. The normalized spacial score (nSPS) is 11.0. The first-order chi connectivity index (χ1) is 16.6. The molecule has 3 aromatic heterocycles. The van der Waals surface area contributed by atoms with Gasteiger partial charge in [0, 0.05) is 18.0 Å². The Morgan fingerprint density at radius 1 is 1.15 bits per heavy atom. The van der Waals surface area contributed by atoms with Gasteiger partial charge in [-0.2, -0.15) is 0 Å². The Morgan fingerprint density at radius 3 is 2.82 bits per heavy atom. The van der Waals surface area contributed by atoms with Crippen molar-refractivity contribution in [2.45, 2.75) is 12.1 Å². The fraction of sp³-hybridized carbons (Fsp3) is 0.125. The Kier molecular flexibility index (Phi) is 6.24. The Labute approximate surface area is 204 Å². The first-order valence-corrected chi connectivity index (χ1v) is 12.2. The lowest BCUT2D eigenvalue weighted by Gasteiger charge is -2.12. The van der Waals surface area contributed by atoms with Gasteiger partial charge in [-0.1, -0.05) is 41.3 Å². The molecule has 0 fully saturated rings. The summed E-state index contributed by atoms with van der Waals surface area (Å²) >= 11 is 2.73. The second-order valence-corrected chi connectivity index (χ2v) is 9.33. The van der Waals surface area contributed by atoms with Gasteiger partial charge in [-0.15, -0.1) is 10.2 Å². The molecule has 0 bridgehead atoms. The molecule has 0 radical (unpaired) electrons. The molecule has 0 spiro atoms. The number of hydrogen-bond acceptors (Lipinski definition) is 8. The van der Waals surface area contributed by atoms with E-state index in [0.717, 1.165) is 32.8 Å². The highest BCUT2D eigenvalue weighted by Gasteiger charge is 2.19. The summed E-state index contributed by atoms with van der Waals surface area (Å²) in [5.41, 5.74) is 3.69. The van der Waals surface area contributed by atoms with Crippen molar-refractivity contribution in [1.29, 1.82) is 0 Å². The number of aromatic nitrogens is 5. The smallest absolute Gasteiger partial charge is 0.236 e. The maximum absolute atomic E-state index is 12.7. The third kappa shape index (κ3) is 4.50. The van der Waals surface area contributed by atoms with Crippen LogP contribution in [0.5, 0.6) is 5.75 Å². The number of nitrogens with one attached hydrogen (secondary N) is 1. The fourth-order valence-corrected chi connectivity index (χ4v) is 5.10. The summed E-state index contributed by atoms with van der Waals surface area (Å²) in [5, 5.41) is 12.8. The predicted molar refractivity (Wildman–Crippen MR) is 135 cm³/mol. The van der Waals surface area contributed by atoms with Gasteiger partial charge in [0.25, 0.3) is 0 Å². The quantitative estimate of drug-likeness (QED) is 0.323. The number of benzene rings is 2. The summed E-state index contributed by atoms with van der Waals surface area (Å²) in [7, 11) is 1.62. The third-order valence-corrected chi connectivity index (χ3v) is 6.95. The number of aryl methyl sites for hydroxylation is 1. The SMILES string of the molecule is COc1ccc2nc(NC(=O)CSc3nnc(-c4cccnc4)n3-c3ccccc3C)sc2c1. The van der Waals surface area contributed by atoms with Gasteiger partial charge < -0.3 is 10.1 Å². The lowest BCUT2D eigenvalue weighted by Crippen LogP contribution is -2.14. The van der Waals surface area contributed by atoms with Crippen LogP contribution in [-0.2, 0) is 4.79 Å². The number of para-hydroxylation sites is 1.